The molecule has 0 fully saturated rings. The molecule has 0 aliphatic heterocycles. The van der Waals surface area contributed by atoms with Crippen molar-refractivity contribution in [2.75, 3.05) is 0 Å². The Hall–Kier alpha value is -1.11. The van der Waals surface area contributed by atoms with Gasteiger partial charge in [0.25, 0.3) is 0 Å². The quantitative estimate of drug-likeness (QED) is 0.622. The van der Waals surface area contributed by atoms with Crippen LogP contribution in [0, 0.1) is 11.3 Å². The largest absolute Gasteiger partial charge is 0.304 e. The van der Waals surface area contributed by atoms with Crippen molar-refractivity contribution in [3.63, 3.8) is 0 Å². The van der Waals surface area contributed by atoms with E-state index in [2.05, 4.69) is 0 Å². The second-order valence-corrected chi connectivity index (χ2v) is 2.93. The molecular weight excluding hydrogens is 134 g/mol. The minimum atomic E-state index is 0.317. The zero-order valence-corrected chi connectivity index (χ0v) is 6.96. The van der Waals surface area contributed by atoms with Gasteiger partial charge in [-0.25, -0.2) is 0 Å². The Morgan fingerprint density at radius 3 is 2.18 bits per heavy atom. The fourth-order valence-corrected chi connectivity index (χ4v) is 0.951. The SMILES string of the molecule is CC(C)C(=N)c1ccccc1. The normalized spacial score (nSPS) is 10.1. The highest BCUT2D eigenvalue weighted by atomic mass is 14.4. The highest BCUT2D eigenvalue weighted by molar-refractivity contribution is 5.99. The van der Waals surface area contributed by atoms with Crippen molar-refractivity contribution >= 4 is 5.71 Å². The van der Waals surface area contributed by atoms with Gasteiger partial charge in [-0.05, 0) is 11.5 Å². The number of hydrogen-bond acceptors (Lipinski definition) is 1. The molecule has 1 aromatic rings. The lowest BCUT2D eigenvalue weighted by atomic mass is 10.0. The first-order valence-corrected chi connectivity index (χ1v) is 3.85. The van der Waals surface area contributed by atoms with Crippen molar-refractivity contribution in [1.29, 1.82) is 5.41 Å². The van der Waals surface area contributed by atoms with Gasteiger partial charge in [0.15, 0.2) is 0 Å². The Morgan fingerprint density at radius 1 is 1.18 bits per heavy atom. The van der Waals surface area contributed by atoms with E-state index in [9.17, 15) is 0 Å². The molecule has 0 unspecified atom stereocenters. The topological polar surface area (TPSA) is 23.9 Å². The summed E-state index contributed by atoms with van der Waals surface area (Å²) in [5.41, 5.74) is 1.74. The standard InChI is InChI=1S/C10H13N/c1-8(2)10(11)9-6-4-3-5-7-9/h3-8,11H,1-2H3. The van der Waals surface area contributed by atoms with Gasteiger partial charge in [0.1, 0.15) is 0 Å². The van der Waals surface area contributed by atoms with Crippen molar-refractivity contribution in [1.82, 2.24) is 0 Å². The van der Waals surface area contributed by atoms with Gasteiger partial charge in [0.2, 0.25) is 0 Å². The first-order valence-electron chi connectivity index (χ1n) is 3.85. The summed E-state index contributed by atoms with van der Waals surface area (Å²) in [6, 6.07) is 9.85. The van der Waals surface area contributed by atoms with E-state index in [4.69, 9.17) is 5.41 Å². The van der Waals surface area contributed by atoms with E-state index >= 15 is 0 Å². The Bertz CT molecular complexity index is 236. The van der Waals surface area contributed by atoms with Crippen LogP contribution in [-0.2, 0) is 0 Å². The molecule has 0 radical (unpaired) electrons. The maximum Gasteiger partial charge on any atom is 0.0411 e. The summed E-state index contributed by atoms with van der Waals surface area (Å²) in [4.78, 5) is 0. The van der Waals surface area contributed by atoms with Gasteiger partial charge >= 0.3 is 0 Å². The van der Waals surface area contributed by atoms with E-state index < -0.39 is 0 Å². The molecule has 1 heteroatoms. The molecule has 0 aliphatic carbocycles. The summed E-state index contributed by atoms with van der Waals surface area (Å²) in [5.74, 6) is 0.317. The van der Waals surface area contributed by atoms with Gasteiger partial charge in [0, 0.05) is 5.71 Å². The third kappa shape index (κ3) is 1.90. The zero-order chi connectivity index (χ0) is 8.27. The average molecular weight is 147 g/mol. The van der Waals surface area contributed by atoms with E-state index in [0.29, 0.717) is 11.6 Å². The zero-order valence-electron chi connectivity index (χ0n) is 6.96. The maximum absolute atomic E-state index is 7.68. The highest BCUT2D eigenvalue weighted by Crippen LogP contribution is 2.06. The lowest BCUT2D eigenvalue weighted by Gasteiger charge is -2.05. The molecule has 0 amide bonds. The average Bonchev–Trinajstić information content (AvgIpc) is 2.05. The predicted molar refractivity (Wildman–Crippen MR) is 48.1 cm³/mol. The first kappa shape index (κ1) is 7.99. The molecule has 1 nitrogen and oxygen atoms in total. The molecule has 0 bridgehead atoms. The Kier molecular flexibility index (Phi) is 2.42. The van der Waals surface area contributed by atoms with Crippen LogP contribution >= 0.6 is 0 Å². The number of nitrogens with one attached hydrogen (secondary N) is 1. The first-order chi connectivity index (χ1) is 5.22. The Morgan fingerprint density at radius 2 is 1.73 bits per heavy atom. The van der Waals surface area contributed by atoms with Crippen LogP contribution in [0.25, 0.3) is 0 Å². The van der Waals surface area contributed by atoms with Gasteiger partial charge in [-0.1, -0.05) is 44.2 Å². The fraction of sp³-hybridized carbons (Fsp3) is 0.300. The minimum Gasteiger partial charge on any atom is -0.304 e. The molecule has 0 saturated carbocycles. The van der Waals surface area contributed by atoms with Crippen LogP contribution in [-0.4, -0.2) is 5.71 Å². The summed E-state index contributed by atoms with van der Waals surface area (Å²) < 4.78 is 0. The molecule has 11 heavy (non-hydrogen) atoms. The summed E-state index contributed by atoms with van der Waals surface area (Å²) in [6.07, 6.45) is 0. The number of rotatable bonds is 2. The van der Waals surface area contributed by atoms with Crippen LogP contribution in [0.5, 0.6) is 0 Å². The molecule has 1 aromatic carbocycles. The molecule has 0 saturated heterocycles. The van der Waals surface area contributed by atoms with E-state index in [1.165, 1.54) is 0 Å². The van der Waals surface area contributed by atoms with Gasteiger partial charge in [-0.2, -0.15) is 0 Å². The van der Waals surface area contributed by atoms with E-state index in [1.54, 1.807) is 0 Å². The second-order valence-electron chi connectivity index (χ2n) is 2.93. The summed E-state index contributed by atoms with van der Waals surface area (Å²) in [7, 11) is 0. The van der Waals surface area contributed by atoms with Gasteiger partial charge in [-0.15, -0.1) is 0 Å². The summed E-state index contributed by atoms with van der Waals surface area (Å²) in [6.45, 7) is 4.07. The van der Waals surface area contributed by atoms with Crippen molar-refractivity contribution in [3.8, 4) is 0 Å². The van der Waals surface area contributed by atoms with Crippen molar-refractivity contribution in [2.45, 2.75) is 13.8 Å². The van der Waals surface area contributed by atoms with Gasteiger partial charge in [-0.3, -0.25) is 0 Å². The van der Waals surface area contributed by atoms with Gasteiger partial charge in [0.05, 0.1) is 0 Å². The molecule has 0 aliphatic rings. The van der Waals surface area contributed by atoms with Crippen LogP contribution in [0.1, 0.15) is 19.4 Å². The Balaban J connectivity index is 2.86. The third-order valence-electron chi connectivity index (χ3n) is 1.66. The molecule has 1 rings (SSSR count). The van der Waals surface area contributed by atoms with Gasteiger partial charge < -0.3 is 5.41 Å². The molecule has 0 heterocycles. The fourth-order valence-electron chi connectivity index (χ4n) is 0.951. The molecular formula is C10H13N. The van der Waals surface area contributed by atoms with Crippen LogP contribution in [0.15, 0.2) is 30.3 Å². The number of hydrogen-bond donors (Lipinski definition) is 1. The summed E-state index contributed by atoms with van der Waals surface area (Å²) in [5, 5.41) is 7.68. The monoisotopic (exact) mass is 147 g/mol. The van der Waals surface area contributed by atoms with Crippen LogP contribution in [0.2, 0.25) is 0 Å². The molecule has 1 N–H and O–H groups in total. The second kappa shape index (κ2) is 3.33. The van der Waals surface area contributed by atoms with Crippen molar-refractivity contribution < 1.29 is 0 Å². The lowest BCUT2D eigenvalue weighted by Crippen LogP contribution is -2.06. The van der Waals surface area contributed by atoms with Crippen LogP contribution in [0.3, 0.4) is 0 Å². The van der Waals surface area contributed by atoms with Crippen molar-refractivity contribution in [2.24, 2.45) is 5.92 Å². The lowest BCUT2D eigenvalue weighted by molar-refractivity contribution is 0.878. The number of benzene rings is 1. The van der Waals surface area contributed by atoms with Crippen molar-refractivity contribution in [3.05, 3.63) is 35.9 Å². The van der Waals surface area contributed by atoms with E-state index in [0.717, 1.165) is 5.56 Å². The molecule has 0 atom stereocenters. The minimum absolute atomic E-state index is 0.317. The third-order valence-corrected chi connectivity index (χ3v) is 1.66. The smallest absolute Gasteiger partial charge is 0.0411 e. The predicted octanol–water partition coefficient (Wildman–Crippen LogP) is 2.71. The van der Waals surface area contributed by atoms with Crippen LogP contribution < -0.4 is 0 Å². The maximum atomic E-state index is 7.68. The molecule has 0 spiro atoms. The van der Waals surface area contributed by atoms with E-state index in [-0.39, 0.29) is 0 Å². The summed E-state index contributed by atoms with van der Waals surface area (Å²) >= 11 is 0. The molecule has 58 valence electrons. The van der Waals surface area contributed by atoms with Crippen LogP contribution in [0.4, 0.5) is 0 Å². The highest BCUT2D eigenvalue weighted by Gasteiger charge is 2.03. The van der Waals surface area contributed by atoms with E-state index in [1.807, 2.05) is 44.2 Å². The Labute approximate surface area is 67.6 Å². The molecule has 0 aromatic heterocycles.